The minimum absolute atomic E-state index is 0.0316. The van der Waals surface area contributed by atoms with E-state index >= 15 is 0 Å². The third kappa shape index (κ3) is 2.28. The van der Waals surface area contributed by atoms with Gasteiger partial charge >= 0.3 is 0 Å². The number of fused-ring (bicyclic) bond motifs is 1. The van der Waals surface area contributed by atoms with Crippen molar-refractivity contribution in [3.05, 3.63) is 63.6 Å². The lowest BCUT2D eigenvalue weighted by atomic mass is 9.98. The first-order valence-electron chi connectivity index (χ1n) is 7.97. The number of pyridine rings is 1. The number of alkyl halides is 1. The number of benzene rings is 1. The van der Waals surface area contributed by atoms with E-state index in [1.807, 2.05) is 30.5 Å². The Morgan fingerprint density at radius 3 is 2.58 bits per heavy atom. The van der Waals surface area contributed by atoms with Crippen molar-refractivity contribution in [2.24, 2.45) is 7.05 Å². The molecular weight excluding hydrogens is 307 g/mol. The van der Waals surface area contributed by atoms with Crippen LogP contribution in [0.5, 0.6) is 0 Å². The molecule has 0 unspecified atom stereocenters. The van der Waals surface area contributed by atoms with Crippen molar-refractivity contribution in [3.63, 3.8) is 0 Å². The summed E-state index contributed by atoms with van der Waals surface area (Å²) < 4.78 is 14.5. The van der Waals surface area contributed by atoms with Crippen LogP contribution in [0.3, 0.4) is 0 Å². The molecule has 0 bridgehead atoms. The summed E-state index contributed by atoms with van der Waals surface area (Å²) in [5, 5.41) is 0. The summed E-state index contributed by atoms with van der Waals surface area (Å²) in [6.45, 7) is 0.360. The molecule has 1 aliphatic heterocycles. The van der Waals surface area contributed by atoms with Gasteiger partial charge in [0.05, 0.1) is 13.1 Å². The van der Waals surface area contributed by atoms with Crippen molar-refractivity contribution in [1.82, 2.24) is 9.47 Å². The third-order valence-electron chi connectivity index (χ3n) is 4.69. The van der Waals surface area contributed by atoms with Gasteiger partial charge in [-0.3, -0.25) is 9.59 Å². The van der Waals surface area contributed by atoms with Gasteiger partial charge in [0.15, 0.2) is 0 Å². The van der Waals surface area contributed by atoms with Gasteiger partial charge in [-0.1, -0.05) is 24.3 Å². The molecule has 122 valence electrons. The quantitative estimate of drug-likeness (QED) is 0.851. The van der Waals surface area contributed by atoms with Gasteiger partial charge in [0.1, 0.15) is 6.17 Å². The molecule has 0 saturated carbocycles. The highest BCUT2D eigenvalue weighted by molar-refractivity contribution is 5.95. The summed E-state index contributed by atoms with van der Waals surface area (Å²) in [7, 11) is 1.75. The second kappa shape index (κ2) is 5.44. The molecule has 0 radical (unpaired) electrons. The van der Waals surface area contributed by atoms with Gasteiger partial charge in [-0.2, -0.15) is 0 Å². The molecule has 2 aromatic rings. The van der Waals surface area contributed by atoms with Crippen molar-refractivity contribution in [3.8, 4) is 11.1 Å². The van der Waals surface area contributed by atoms with Gasteiger partial charge in [0.25, 0.3) is 11.5 Å². The summed E-state index contributed by atoms with van der Waals surface area (Å²) in [6.07, 6.45) is 5.56. The molecule has 1 aromatic heterocycles. The number of rotatable bonds is 2. The lowest BCUT2D eigenvalue weighted by Crippen LogP contribution is -2.51. The van der Waals surface area contributed by atoms with Crippen LogP contribution in [0.1, 0.15) is 21.5 Å². The maximum absolute atomic E-state index is 12.9. The Labute approximate surface area is 138 Å². The second-order valence-corrected chi connectivity index (χ2v) is 6.34. The summed E-state index contributed by atoms with van der Waals surface area (Å²) in [5.74, 6) is -0.138. The number of nitrogens with zero attached hydrogens (tertiary/aromatic N) is 2. The molecule has 24 heavy (non-hydrogen) atoms. The van der Waals surface area contributed by atoms with Crippen LogP contribution >= 0.6 is 0 Å². The standard InChI is InChI=1S/C19H17FN2O2/c1-21-11-17(15-3-2-4-16(15)19(21)24)12-5-7-13(8-6-12)18(23)22-9-14(20)10-22/h2-3,5-8,11,14H,4,9-10H2,1H3. The summed E-state index contributed by atoms with van der Waals surface area (Å²) in [4.78, 5) is 25.9. The molecule has 1 aromatic carbocycles. The fourth-order valence-corrected chi connectivity index (χ4v) is 3.29. The molecule has 0 atom stereocenters. The number of hydrogen-bond acceptors (Lipinski definition) is 2. The molecule has 5 heteroatoms. The Balaban J connectivity index is 1.68. The lowest BCUT2D eigenvalue weighted by molar-refractivity contribution is 0.0400. The van der Waals surface area contributed by atoms with Gasteiger partial charge in [-0.25, -0.2) is 4.39 Å². The number of likely N-dealkylation sites (tertiary alicyclic amines) is 1. The van der Waals surface area contributed by atoms with Crippen LogP contribution in [0.25, 0.3) is 17.2 Å². The highest BCUT2D eigenvalue weighted by Gasteiger charge is 2.30. The first-order chi connectivity index (χ1) is 11.5. The van der Waals surface area contributed by atoms with Gasteiger partial charge < -0.3 is 9.47 Å². The number of carbonyl (C=O) groups is 1. The number of hydrogen-bond donors (Lipinski definition) is 0. The number of allylic oxidation sites excluding steroid dienone is 1. The summed E-state index contributed by atoms with van der Waals surface area (Å²) >= 11 is 0. The van der Waals surface area contributed by atoms with Crippen LogP contribution < -0.4 is 5.56 Å². The third-order valence-corrected chi connectivity index (χ3v) is 4.69. The number of carbonyl (C=O) groups excluding carboxylic acids is 1. The molecule has 1 fully saturated rings. The predicted octanol–water partition coefficient (Wildman–Crippen LogP) is 2.42. The number of aryl methyl sites for hydroxylation is 1. The maximum atomic E-state index is 12.9. The van der Waals surface area contributed by atoms with Crippen LogP contribution in [0, 0.1) is 0 Å². The van der Waals surface area contributed by atoms with Crippen molar-refractivity contribution in [2.45, 2.75) is 12.6 Å². The molecule has 0 spiro atoms. The van der Waals surface area contributed by atoms with E-state index in [1.54, 1.807) is 23.7 Å². The Bertz CT molecular complexity index is 906. The van der Waals surface area contributed by atoms with Crippen LogP contribution in [-0.4, -0.2) is 34.6 Å². The van der Waals surface area contributed by atoms with Crippen molar-refractivity contribution in [2.75, 3.05) is 13.1 Å². The van der Waals surface area contributed by atoms with E-state index in [0.29, 0.717) is 12.0 Å². The summed E-state index contributed by atoms with van der Waals surface area (Å²) in [5.41, 5.74) is 4.29. The molecule has 1 saturated heterocycles. The SMILES string of the molecule is Cn1cc(-c2ccc(C(=O)N3CC(F)C3)cc2)c2c(c1=O)CC=C2. The van der Waals surface area contributed by atoms with E-state index in [2.05, 4.69) is 0 Å². The monoisotopic (exact) mass is 324 g/mol. The van der Waals surface area contributed by atoms with Gasteiger partial charge in [0.2, 0.25) is 0 Å². The van der Waals surface area contributed by atoms with Crippen LogP contribution in [0.4, 0.5) is 4.39 Å². The molecule has 2 aliphatic rings. The zero-order valence-corrected chi connectivity index (χ0v) is 13.3. The molecule has 1 aliphatic carbocycles. The smallest absolute Gasteiger partial charge is 0.254 e. The highest BCUT2D eigenvalue weighted by atomic mass is 19.1. The van der Waals surface area contributed by atoms with E-state index in [1.165, 1.54) is 4.90 Å². The molecule has 2 heterocycles. The molecule has 0 N–H and O–H groups in total. The molecule has 4 nitrogen and oxygen atoms in total. The Kier molecular flexibility index (Phi) is 3.37. The Morgan fingerprint density at radius 1 is 1.21 bits per heavy atom. The Morgan fingerprint density at radius 2 is 1.92 bits per heavy atom. The predicted molar refractivity (Wildman–Crippen MR) is 90.7 cm³/mol. The minimum atomic E-state index is -0.895. The molecule has 4 rings (SSSR count). The summed E-state index contributed by atoms with van der Waals surface area (Å²) in [6, 6.07) is 7.29. The molecular formula is C19H17FN2O2. The highest BCUT2D eigenvalue weighted by Crippen LogP contribution is 2.29. The fourth-order valence-electron chi connectivity index (χ4n) is 3.29. The van der Waals surface area contributed by atoms with E-state index in [0.717, 1.165) is 22.3 Å². The maximum Gasteiger partial charge on any atom is 0.254 e. The van der Waals surface area contributed by atoms with Crippen LogP contribution in [0.15, 0.2) is 41.3 Å². The van der Waals surface area contributed by atoms with Crippen molar-refractivity contribution in [1.29, 1.82) is 0 Å². The van der Waals surface area contributed by atoms with E-state index < -0.39 is 6.17 Å². The normalized spacial score (nSPS) is 16.2. The second-order valence-electron chi connectivity index (χ2n) is 6.34. The zero-order chi connectivity index (χ0) is 16.8. The van der Waals surface area contributed by atoms with Gasteiger partial charge in [-0.05, 0) is 29.7 Å². The molecule has 1 amide bonds. The Hall–Kier alpha value is -2.69. The van der Waals surface area contributed by atoms with Crippen LogP contribution in [0.2, 0.25) is 0 Å². The number of aromatic nitrogens is 1. The fraction of sp³-hybridized carbons (Fsp3) is 0.263. The number of amides is 1. The van der Waals surface area contributed by atoms with Crippen LogP contribution in [-0.2, 0) is 13.5 Å². The zero-order valence-electron chi connectivity index (χ0n) is 13.3. The van der Waals surface area contributed by atoms with E-state index in [-0.39, 0.29) is 24.6 Å². The largest absolute Gasteiger partial charge is 0.333 e. The first kappa shape index (κ1) is 14.9. The van der Waals surface area contributed by atoms with E-state index in [9.17, 15) is 14.0 Å². The van der Waals surface area contributed by atoms with Gasteiger partial charge in [-0.15, -0.1) is 0 Å². The first-order valence-corrected chi connectivity index (χ1v) is 7.97. The number of halogens is 1. The van der Waals surface area contributed by atoms with Crippen molar-refractivity contribution < 1.29 is 9.18 Å². The minimum Gasteiger partial charge on any atom is -0.333 e. The van der Waals surface area contributed by atoms with E-state index in [4.69, 9.17) is 0 Å². The average molecular weight is 324 g/mol. The topological polar surface area (TPSA) is 42.3 Å². The average Bonchev–Trinajstić information content (AvgIpc) is 3.05. The van der Waals surface area contributed by atoms with Gasteiger partial charge in [0, 0.05) is 29.9 Å². The van der Waals surface area contributed by atoms with Crippen molar-refractivity contribution >= 4 is 12.0 Å². The lowest BCUT2D eigenvalue weighted by Gasteiger charge is -2.34.